The second-order valence-corrected chi connectivity index (χ2v) is 6.57. The fourth-order valence-electron chi connectivity index (χ4n) is 3.27. The van der Waals surface area contributed by atoms with Gasteiger partial charge in [0.15, 0.2) is 11.6 Å². The number of nitrogens with zero attached hydrogens (tertiary/aromatic N) is 3. The van der Waals surface area contributed by atoms with Crippen molar-refractivity contribution in [2.24, 2.45) is 4.99 Å². The Bertz CT molecular complexity index is 1300. The Kier molecular flexibility index (Phi) is 5.89. The fraction of sp³-hybridized carbons (Fsp3) is 0.0870. The van der Waals surface area contributed by atoms with Crippen molar-refractivity contribution in [1.29, 1.82) is 0 Å². The van der Waals surface area contributed by atoms with Gasteiger partial charge in [0.05, 0.1) is 7.11 Å². The zero-order valence-corrected chi connectivity index (χ0v) is 16.7. The first-order chi connectivity index (χ1) is 15.5. The summed E-state index contributed by atoms with van der Waals surface area (Å²) in [5.74, 6) is -0.0258. The summed E-state index contributed by atoms with van der Waals surface area (Å²) in [5, 5.41) is 0. The number of imidazole rings is 1. The van der Waals surface area contributed by atoms with E-state index in [1.165, 1.54) is 17.7 Å². The third-order valence-electron chi connectivity index (χ3n) is 4.64. The number of alkyl halides is 2. The molecular formula is C23H16F3N3O3. The Morgan fingerprint density at radius 2 is 1.72 bits per heavy atom. The number of hydrogen-bond donors (Lipinski definition) is 0. The average Bonchev–Trinajstić information content (AvgIpc) is 3.15. The van der Waals surface area contributed by atoms with Crippen molar-refractivity contribution in [3.05, 3.63) is 84.1 Å². The second-order valence-electron chi connectivity index (χ2n) is 6.57. The minimum atomic E-state index is -3.37. The number of para-hydroxylation sites is 1. The molecule has 0 N–H and O–H groups in total. The number of benzene rings is 2. The average molecular weight is 439 g/mol. The lowest BCUT2D eigenvalue weighted by atomic mass is 10.1. The maximum Gasteiger partial charge on any atom is 0.390 e. The number of hydrogen-bond acceptors (Lipinski definition) is 5. The van der Waals surface area contributed by atoms with Crippen LogP contribution < -0.4 is 4.74 Å². The number of methoxy groups -OCH3 is 1. The molecule has 0 fully saturated rings. The number of ketones is 1. The quantitative estimate of drug-likeness (QED) is 0.228. The van der Waals surface area contributed by atoms with Crippen LogP contribution in [0.15, 0.2) is 77.9 Å². The van der Waals surface area contributed by atoms with Crippen LogP contribution in [0.5, 0.6) is 5.75 Å². The first kappa shape index (κ1) is 21.1. The summed E-state index contributed by atoms with van der Waals surface area (Å²) in [6, 6.07) is 18.6. The van der Waals surface area contributed by atoms with E-state index in [-0.39, 0.29) is 17.3 Å². The molecule has 2 aromatic heterocycles. The molecule has 0 aliphatic carbocycles. The lowest BCUT2D eigenvalue weighted by Crippen LogP contribution is -2.04. The maximum atomic E-state index is 13.9. The van der Waals surface area contributed by atoms with Crippen molar-refractivity contribution in [3.63, 3.8) is 0 Å². The highest BCUT2D eigenvalue weighted by Crippen LogP contribution is 2.37. The smallest absolute Gasteiger partial charge is 0.390 e. The zero-order chi connectivity index (χ0) is 22.7. The molecule has 0 bridgehead atoms. The Hall–Kier alpha value is -4.14. The highest BCUT2D eigenvalue weighted by Gasteiger charge is 2.21. The molecule has 2 heterocycles. The monoisotopic (exact) mass is 439 g/mol. The molecule has 0 aliphatic heterocycles. The van der Waals surface area contributed by atoms with Crippen molar-refractivity contribution < 1.29 is 27.4 Å². The highest BCUT2D eigenvalue weighted by atomic mass is 19.3. The predicted molar refractivity (Wildman–Crippen MR) is 112 cm³/mol. The van der Waals surface area contributed by atoms with Gasteiger partial charge < -0.3 is 9.47 Å². The van der Waals surface area contributed by atoms with Gasteiger partial charge in [-0.05, 0) is 24.3 Å². The Morgan fingerprint density at radius 3 is 2.44 bits per heavy atom. The van der Waals surface area contributed by atoms with Crippen LogP contribution in [0.25, 0.3) is 16.9 Å². The second kappa shape index (κ2) is 8.93. The first-order valence-corrected chi connectivity index (χ1v) is 9.42. The predicted octanol–water partition coefficient (Wildman–Crippen LogP) is 5.44. The number of aromatic nitrogens is 2. The van der Waals surface area contributed by atoms with Gasteiger partial charge in [0.1, 0.15) is 17.1 Å². The van der Waals surface area contributed by atoms with E-state index >= 15 is 0 Å². The van der Waals surface area contributed by atoms with Gasteiger partial charge in [-0.15, -0.1) is 4.39 Å². The number of fused-ring (bicyclic) bond motifs is 1. The summed E-state index contributed by atoms with van der Waals surface area (Å²) in [5.41, 5.74) is 1.86. The summed E-state index contributed by atoms with van der Waals surface area (Å²) in [7, 11) is 1.45. The minimum absolute atomic E-state index is 0.211. The standard InChI is InChI=1S/C23H16F3N3O3/c1-31-17-10-6-5-9-16(17)19-21(28-23(26)32-22(24)25)27-18-12-11-15(13-29(18)19)20(30)14-7-3-2-4-8-14/h2-13,22H,1H3. The highest BCUT2D eigenvalue weighted by molar-refractivity contribution is 6.09. The van der Waals surface area contributed by atoms with Crippen LogP contribution in [-0.2, 0) is 4.74 Å². The van der Waals surface area contributed by atoms with Crippen LogP contribution in [-0.4, -0.2) is 35.0 Å². The fourth-order valence-corrected chi connectivity index (χ4v) is 3.27. The molecule has 4 aromatic rings. The molecule has 0 spiro atoms. The third-order valence-corrected chi connectivity index (χ3v) is 4.64. The molecule has 2 aromatic carbocycles. The van der Waals surface area contributed by atoms with Crippen molar-refractivity contribution in [2.75, 3.05) is 7.11 Å². The van der Waals surface area contributed by atoms with E-state index in [1.54, 1.807) is 66.7 Å². The van der Waals surface area contributed by atoms with E-state index in [0.717, 1.165) is 0 Å². The lowest BCUT2D eigenvalue weighted by Gasteiger charge is -2.10. The number of pyridine rings is 1. The number of ether oxygens (including phenoxy) is 2. The van der Waals surface area contributed by atoms with E-state index in [2.05, 4.69) is 14.7 Å². The zero-order valence-electron chi connectivity index (χ0n) is 16.7. The normalized spacial score (nSPS) is 11.7. The van der Waals surface area contributed by atoms with Gasteiger partial charge in [-0.2, -0.15) is 13.8 Å². The molecule has 0 atom stereocenters. The van der Waals surface area contributed by atoms with Gasteiger partial charge in [-0.25, -0.2) is 4.98 Å². The number of carbonyl (C=O) groups excluding carboxylic acids is 1. The number of carbonyl (C=O) groups is 1. The molecule has 0 saturated carbocycles. The maximum absolute atomic E-state index is 13.9. The molecule has 0 aliphatic rings. The summed E-state index contributed by atoms with van der Waals surface area (Å²) in [4.78, 5) is 20.6. The first-order valence-electron chi connectivity index (χ1n) is 9.42. The molecule has 162 valence electrons. The van der Waals surface area contributed by atoms with E-state index in [4.69, 9.17) is 4.74 Å². The van der Waals surface area contributed by atoms with Gasteiger partial charge in [0.2, 0.25) is 0 Å². The molecule has 4 rings (SSSR count). The molecule has 9 heteroatoms. The summed E-state index contributed by atoms with van der Waals surface area (Å²) < 4.78 is 49.4. The van der Waals surface area contributed by atoms with E-state index in [0.29, 0.717) is 28.1 Å². The molecule has 0 amide bonds. The number of rotatable bonds is 6. The number of halogens is 3. The molecule has 6 nitrogen and oxygen atoms in total. The van der Waals surface area contributed by atoms with Crippen LogP contribution in [0, 0.1) is 0 Å². The minimum Gasteiger partial charge on any atom is -0.496 e. The van der Waals surface area contributed by atoms with Crippen LogP contribution in [0.4, 0.5) is 19.0 Å². The SMILES string of the molecule is COc1ccccc1-c1c(N=C(F)OC(F)F)nc2ccc(C(=O)c3ccccc3)cn12. The van der Waals surface area contributed by atoms with Gasteiger partial charge in [0.25, 0.3) is 0 Å². The van der Waals surface area contributed by atoms with Crippen LogP contribution in [0.2, 0.25) is 0 Å². The van der Waals surface area contributed by atoms with Crippen molar-refractivity contribution in [2.45, 2.75) is 6.61 Å². The van der Waals surface area contributed by atoms with Gasteiger partial charge in [0, 0.05) is 22.9 Å². The van der Waals surface area contributed by atoms with E-state index in [1.807, 2.05) is 0 Å². The summed E-state index contributed by atoms with van der Waals surface area (Å²) >= 11 is 0. The van der Waals surface area contributed by atoms with Gasteiger partial charge >= 0.3 is 12.8 Å². The topological polar surface area (TPSA) is 65.2 Å². The van der Waals surface area contributed by atoms with Crippen LogP contribution >= 0.6 is 0 Å². The van der Waals surface area contributed by atoms with Crippen molar-refractivity contribution >= 4 is 23.4 Å². The van der Waals surface area contributed by atoms with E-state index < -0.39 is 12.8 Å². The molecule has 32 heavy (non-hydrogen) atoms. The molecule has 0 radical (unpaired) electrons. The van der Waals surface area contributed by atoms with E-state index in [9.17, 15) is 18.0 Å². The number of aliphatic imine (C=N–C) groups is 1. The van der Waals surface area contributed by atoms with Crippen LogP contribution in [0.3, 0.4) is 0 Å². The Labute approximate surface area is 180 Å². The molecule has 0 unspecified atom stereocenters. The third kappa shape index (κ3) is 4.18. The van der Waals surface area contributed by atoms with Crippen molar-refractivity contribution in [3.8, 4) is 17.0 Å². The van der Waals surface area contributed by atoms with Gasteiger partial charge in [-0.1, -0.05) is 42.5 Å². The summed E-state index contributed by atoms with van der Waals surface area (Å²) in [6.45, 7) is -3.37. The molecular weight excluding hydrogens is 423 g/mol. The van der Waals surface area contributed by atoms with Crippen LogP contribution in [0.1, 0.15) is 15.9 Å². The Balaban J connectivity index is 1.93. The Morgan fingerprint density at radius 1 is 1.00 bits per heavy atom. The largest absolute Gasteiger partial charge is 0.496 e. The lowest BCUT2D eigenvalue weighted by molar-refractivity contribution is -0.0688. The molecule has 0 saturated heterocycles. The van der Waals surface area contributed by atoms with Crippen molar-refractivity contribution in [1.82, 2.24) is 9.38 Å². The summed E-state index contributed by atoms with van der Waals surface area (Å²) in [6.07, 6.45) is -0.204. The van der Waals surface area contributed by atoms with Gasteiger partial charge in [-0.3, -0.25) is 9.20 Å².